The van der Waals surface area contributed by atoms with E-state index >= 15 is 0 Å². The molecule has 0 fully saturated rings. The predicted molar refractivity (Wildman–Crippen MR) is 146 cm³/mol. The van der Waals surface area contributed by atoms with Crippen molar-refractivity contribution in [1.29, 1.82) is 0 Å². The van der Waals surface area contributed by atoms with Gasteiger partial charge in [0.1, 0.15) is 17.2 Å². The Balaban J connectivity index is 2.23. The van der Waals surface area contributed by atoms with Gasteiger partial charge in [0.25, 0.3) is 0 Å². The van der Waals surface area contributed by atoms with Gasteiger partial charge in [0.2, 0.25) is 11.8 Å². The van der Waals surface area contributed by atoms with Crippen LogP contribution in [0.15, 0.2) is 48.1 Å². The molecule has 0 aliphatic heterocycles. The summed E-state index contributed by atoms with van der Waals surface area (Å²) >= 11 is 0. The van der Waals surface area contributed by atoms with Gasteiger partial charge in [-0.2, -0.15) is 13.2 Å². The number of hydrogen-bond acceptors (Lipinski definition) is 9. The molecule has 0 saturated carbocycles. The number of aromatic nitrogens is 2. The average molecular weight is 569 g/mol. The van der Waals surface area contributed by atoms with Crippen molar-refractivity contribution in [2.45, 2.75) is 32.9 Å². The highest BCUT2D eigenvalue weighted by Gasteiger charge is 2.29. The Kier molecular flexibility index (Phi) is 12.6. The van der Waals surface area contributed by atoms with E-state index in [2.05, 4.69) is 42.5 Å². The zero-order valence-electron chi connectivity index (χ0n) is 22.7. The monoisotopic (exact) mass is 568 g/mol. The molecule has 2 rings (SSSR count). The number of carbonyl (C=O) groups excluding carboxylic acids is 1. The number of carbonyl (C=O) groups is 1. The number of ether oxygens (including phenoxy) is 1. The Hall–Kier alpha value is -3.91. The summed E-state index contributed by atoms with van der Waals surface area (Å²) in [5.74, 6) is -1.44. The van der Waals surface area contributed by atoms with Crippen LogP contribution >= 0.6 is 0 Å². The molecule has 0 atom stereocenters. The molecule has 7 N–H and O–H groups in total. The highest BCUT2D eigenvalue weighted by atomic mass is 19.4. The lowest BCUT2D eigenvalue weighted by atomic mass is 10.2. The second kappa shape index (κ2) is 15.6. The molecule has 14 heteroatoms. The maximum atomic E-state index is 14.3. The number of amides is 1. The topological polar surface area (TPSA) is 143 Å². The molecule has 2 aromatic rings. The number of aryl methyl sites for hydroxylation is 1. The highest BCUT2D eigenvalue weighted by molar-refractivity contribution is 5.90. The average Bonchev–Trinajstić information content (AvgIpc) is 2.89. The number of hydrogen-bond donors (Lipinski definition) is 5. The van der Waals surface area contributed by atoms with E-state index in [1.54, 1.807) is 6.92 Å². The van der Waals surface area contributed by atoms with Gasteiger partial charge in [-0.1, -0.05) is 6.92 Å². The quantitative estimate of drug-likeness (QED) is 0.124. The van der Waals surface area contributed by atoms with Gasteiger partial charge in [0.15, 0.2) is 12.4 Å². The van der Waals surface area contributed by atoms with Gasteiger partial charge in [-0.05, 0) is 51.2 Å². The molecule has 0 aromatic carbocycles. The molecule has 0 aliphatic rings. The Bertz CT molecular complexity index is 1190. The molecule has 0 spiro atoms. The van der Waals surface area contributed by atoms with Crippen LogP contribution < -0.4 is 27.4 Å². The minimum absolute atomic E-state index is 0.187. The van der Waals surface area contributed by atoms with Crippen LogP contribution in [0, 0.1) is 12.7 Å². The van der Waals surface area contributed by atoms with Crippen molar-refractivity contribution in [1.82, 2.24) is 20.2 Å². The second-order valence-electron chi connectivity index (χ2n) is 8.86. The maximum Gasteiger partial charge on any atom is 0.422 e. The summed E-state index contributed by atoms with van der Waals surface area (Å²) in [6.07, 6.45) is -0.960. The summed E-state index contributed by atoms with van der Waals surface area (Å²) in [4.78, 5) is 22.9. The molecule has 0 radical (unpaired) electrons. The third-order valence-electron chi connectivity index (χ3n) is 5.39. The summed E-state index contributed by atoms with van der Waals surface area (Å²) in [7, 11) is 1.86. The van der Waals surface area contributed by atoms with Crippen molar-refractivity contribution in [2.24, 2.45) is 11.5 Å². The fourth-order valence-corrected chi connectivity index (χ4v) is 3.49. The first-order valence-electron chi connectivity index (χ1n) is 12.6. The van der Waals surface area contributed by atoms with E-state index in [0.717, 1.165) is 32.1 Å². The third kappa shape index (κ3) is 11.5. The Morgan fingerprint density at radius 2 is 1.90 bits per heavy atom. The van der Waals surface area contributed by atoms with Crippen LogP contribution in [0.2, 0.25) is 0 Å². The van der Waals surface area contributed by atoms with Gasteiger partial charge in [-0.15, -0.1) is 0 Å². The first-order chi connectivity index (χ1) is 18.9. The molecular formula is C26H36F4N8O2. The number of likely N-dealkylation sites (N-methyl/N-ethyl adjacent to an activating group) is 1. The lowest BCUT2D eigenvalue weighted by Gasteiger charge is -2.21. The van der Waals surface area contributed by atoms with Crippen LogP contribution in [0.4, 0.5) is 29.1 Å². The summed E-state index contributed by atoms with van der Waals surface area (Å²) in [5, 5.41) is 8.59. The van der Waals surface area contributed by atoms with Gasteiger partial charge in [-0.3, -0.25) is 4.79 Å². The number of halogens is 4. The van der Waals surface area contributed by atoms with Gasteiger partial charge in [-0.25, -0.2) is 14.4 Å². The van der Waals surface area contributed by atoms with Crippen molar-refractivity contribution in [2.75, 3.05) is 50.5 Å². The van der Waals surface area contributed by atoms with E-state index in [-0.39, 0.29) is 35.2 Å². The van der Waals surface area contributed by atoms with Crippen LogP contribution in [0.25, 0.3) is 5.70 Å². The molecular weight excluding hydrogens is 532 g/mol. The molecule has 10 nitrogen and oxygen atoms in total. The van der Waals surface area contributed by atoms with Gasteiger partial charge < -0.3 is 37.1 Å². The Labute approximate surface area is 230 Å². The minimum Gasteiger partial charge on any atom is -0.468 e. The van der Waals surface area contributed by atoms with E-state index in [0.29, 0.717) is 17.9 Å². The fourth-order valence-electron chi connectivity index (χ4n) is 3.49. The summed E-state index contributed by atoms with van der Waals surface area (Å²) < 4.78 is 57.2. The van der Waals surface area contributed by atoms with Crippen LogP contribution in [-0.2, 0) is 9.53 Å². The Morgan fingerprint density at radius 1 is 1.15 bits per heavy atom. The summed E-state index contributed by atoms with van der Waals surface area (Å²) in [6, 6.07) is 5.55. The van der Waals surface area contributed by atoms with Crippen molar-refractivity contribution in [3.8, 4) is 0 Å². The first-order valence-corrected chi connectivity index (χ1v) is 12.6. The SMILES string of the molecule is CCCN(CCNC)CCC(=O)Nc1cc(NC(/C=C(\N)c2nc(C)ccc2F)=C(/N)OCC(F)(F)F)ccn1. The number of nitrogens with one attached hydrogen (secondary N) is 3. The van der Waals surface area contributed by atoms with E-state index in [9.17, 15) is 22.4 Å². The normalized spacial score (nSPS) is 12.8. The van der Waals surface area contributed by atoms with E-state index in [1.807, 2.05) is 7.05 Å². The molecule has 1 amide bonds. The largest absolute Gasteiger partial charge is 0.468 e. The molecule has 0 unspecified atom stereocenters. The minimum atomic E-state index is -4.65. The number of nitrogens with two attached hydrogens (primary N) is 2. The van der Waals surface area contributed by atoms with Crippen molar-refractivity contribution >= 4 is 23.1 Å². The van der Waals surface area contributed by atoms with Crippen LogP contribution in [0.1, 0.15) is 31.2 Å². The molecule has 2 heterocycles. The molecule has 2 aromatic heterocycles. The number of pyridine rings is 2. The van der Waals surface area contributed by atoms with E-state index < -0.39 is 24.5 Å². The number of rotatable bonds is 15. The van der Waals surface area contributed by atoms with Crippen molar-refractivity contribution in [3.05, 3.63) is 65.3 Å². The van der Waals surface area contributed by atoms with Crippen molar-refractivity contribution in [3.63, 3.8) is 0 Å². The molecule has 220 valence electrons. The summed E-state index contributed by atoms with van der Waals surface area (Å²) in [6.45, 7) is 5.06. The number of alkyl halides is 3. The fraction of sp³-hybridized carbons (Fsp3) is 0.423. The third-order valence-corrected chi connectivity index (χ3v) is 5.39. The number of allylic oxidation sites excluding steroid dienone is 1. The standard InChI is InChI=1S/C26H36F4N8O2/c1-4-11-38(13-10-33-3)12-8-23(39)37-22-14-18(7-9-34-22)36-21(25(32)40-16-26(28,29)30)15-20(31)24-19(27)6-5-17(2)35-24/h5-7,9,14-15,33H,4,8,10-13,16,31-32H2,1-3H3,(H2,34,36,37,39)/b20-15-,25-21-. The predicted octanol–water partition coefficient (Wildman–Crippen LogP) is 3.30. The van der Waals surface area contributed by atoms with E-state index in [4.69, 9.17) is 11.5 Å². The van der Waals surface area contributed by atoms with Gasteiger partial charge in [0.05, 0.1) is 5.70 Å². The summed E-state index contributed by atoms with van der Waals surface area (Å²) in [5.41, 5.74) is 12.0. The smallest absolute Gasteiger partial charge is 0.422 e. The highest BCUT2D eigenvalue weighted by Crippen LogP contribution is 2.21. The van der Waals surface area contributed by atoms with E-state index in [1.165, 1.54) is 30.5 Å². The van der Waals surface area contributed by atoms with Crippen LogP contribution in [-0.4, -0.2) is 66.8 Å². The Morgan fingerprint density at radius 3 is 2.58 bits per heavy atom. The maximum absolute atomic E-state index is 14.3. The molecule has 0 bridgehead atoms. The first kappa shape index (κ1) is 32.3. The zero-order chi connectivity index (χ0) is 29.7. The second-order valence-corrected chi connectivity index (χ2v) is 8.86. The van der Waals surface area contributed by atoms with Crippen LogP contribution in [0.5, 0.6) is 0 Å². The lowest BCUT2D eigenvalue weighted by molar-refractivity contribution is -0.165. The van der Waals surface area contributed by atoms with Gasteiger partial charge in [0, 0.05) is 49.7 Å². The molecule has 0 aliphatic carbocycles. The molecule has 40 heavy (non-hydrogen) atoms. The number of anilines is 2. The van der Waals surface area contributed by atoms with Crippen molar-refractivity contribution < 1.29 is 27.1 Å². The zero-order valence-corrected chi connectivity index (χ0v) is 22.7. The number of nitrogens with zero attached hydrogens (tertiary/aromatic N) is 3. The molecule has 0 saturated heterocycles. The lowest BCUT2D eigenvalue weighted by Crippen LogP contribution is -2.34. The van der Waals surface area contributed by atoms with Crippen LogP contribution in [0.3, 0.4) is 0 Å². The van der Waals surface area contributed by atoms with Gasteiger partial charge >= 0.3 is 6.18 Å².